The van der Waals surface area contributed by atoms with Crippen LogP contribution in [-0.2, 0) is 23.9 Å². The molecule has 1 aromatic heterocycles. The third kappa shape index (κ3) is 7.29. The van der Waals surface area contributed by atoms with Crippen LogP contribution in [0.2, 0.25) is 0 Å². The first-order valence-corrected chi connectivity index (χ1v) is 16.4. The number of hydrogen-bond donors (Lipinski definition) is 2. The van der Waals surface area contributed by atoms with Crippen molar-refractivity contribution in [2.45, 2.75) is 102 Å². The van der Waals surface area contributed by atoms with Gasteiger partial charge in [0, 0.05) is 23.9 Å². The molecule has 1 aromatic carbocycles. The molecule has 3 fully saturated rings. The smallest absolute Gasteiger partial charge is 0.408 e. The average molecular weight is 635 g/mol. The molecule has 5 atom stereocenters. The predicted molar refractivity (Wildman–Crippen MR) is 172 cm³/mol. The predicted octanol–water partition coefficient (Wildman–Crippen LogP) is 4.68. The van der Waals surface area contributed by atoms with E-state index in [0.717, 1.165) is 43.0 Å². The average Bonchev–Trinajstić information content (AvgIpc) is 3.58. The van der Waals surface area contributed by atoms with E-state index in [1.165, 1.54) is 4.90 Å². The van der Waals surface area contributed by atoms with E-state index in [0.29, 0.717) is 12.2 Å². The second kappa shape index (κ2) is 13.7. The van der Waals surface area contributed by atoms with E-state index in [2.05, 4.69) is 22.2 Å². The Bertz CT molecular complexity index is 1460. The van der Waals surface area contributed by atoms with Crippen molar-refractivity contribution < 1.29 is 33.4 Å². The molecule has 5 rings (SSSR count). The molecule has 248 valence electrons. The molecule has 0 spiro atoms. The van der Waals surface area contributed by atoms with Crippen LogP contribution in [0.3, 0.4) is 0 Å². The second-order valence-corrected chi connectivity index (χ2v) is 13.6. The molecule has 2 saturated carbocycles. The van der Waals surface area contributed by atoms with Gasteiger partial charge in [0.1, 0.15) is 35.1 Å². The molecule has 11 nitrogen and oxygen atoms in total. The number of nitrogens with zero attached hydrogens (tertiary/aromatic N) is 2. The molecule has 0 bridgehead atoms. The SMILES string of the molecule is C=CC1CC1(NC(=O)[C@@H]1C[C@@H](Oc2ccnc3ccccc23)CN1C(=O)[C@@H](NC(=O)OC(C)(C)C)C1CCCCC1)C(=O)OCC. The highest BCUT2D eigenvalue weighted by atomic mass is 16.6. The van der Waals surface area contributed by atoms with Gasteiger partial charge in [-0.05, 0) is 71.1 Å². The Morgan fingerprint density at radius 1 is 1.13 bits per heavy atom. The summed E-state index contributed by atoms with van der Waals surface area (Å²) in [5, 5.41) is 6.60. The number of carbonyl (C=O) groups is 4. The maximum Gasteiger partial charge on any atom is 0.408 e. The number of para-hydroxylation sites is 1. The first kappa shape index (κ1) is 33.2. The minimum Gasteiger partial charge on any atom is -0.488 e. The molecule has 1 saturated heterocycles. The van der Waals surface area contributed by atoms with E-state index in [4.69, 9.17) is 14.2 Å². The lowest BCUT2D eigenvalue weighted by atomic mass is 9.83. The Morgan fingerprint density at radius 2 is 1.87 bits per heavy atom. The minimum atomic E-state index is -1.22. The zero-order chi connectivity index (χ0) is 33.1. The zero-order valence-corrected chi connectivity index (χ0v) is 27.3. The monoisotopic (exact) mass is 634 g/mol. The number of aromatic nitrogens is 1. The van der Waals surface area contributed by atoms with Gasteiger partial charge in [-0.1, -0.05) is 37.5 Å². The number of hydrogen-bond acceptors (Lipinski definition) is 8. The maximum absolute atomic E-state index is 14.5. The Kier molecular flexibility index (Phi) is 9.88. The van der Waals surface area contributed by atoms with Crippen LogP contribution in [-0.4, -0.2) is 76.2 Å². The lowest BCUT2D eigenvalue weighted by molar-refractivity contribution is -0.150. The van der Waals surface area contributed by atoms with Crippen molar-refractivity contribution in [3.05, 3.63) is 49.2 Å². The van der Waals surface area contributed by atoms with Gasteiger partial charge < -0.3 is 29.7 Å². The summed E-state index contributed by atoms with van der Waals surface area (Å²) in [5.41, 5.74) is -1.21. The number of fused-ring (bicyclic) bond motifs is 1. The summed E-state index contributed by atoms with van der Waals surface area (Å²) in [5.74, 6) is -1.16. The number of amides is 3. The Hall–Kier alpha value is -4.15. The Balaban J connectivity index is 1.44. The number of nitrogens with one attached hydrogen (secondary N) is 2. The normalized spacial score (nSPS) is 25.3. The van der Waals surface area contributed by atoms with Gasteiger partial charge >= 0.3 is 12.1 Å². The molecule has 2 unspecified atom stereocenters. The summed E-state index contributed by atoms with van der Waals surface area (Å²) < 4.78 is 17.3. The lowest BCUT2D eigenvalue weighted by Gasteiger charge is -2.35. The van der Waals surface area contributed by atoms with Crippen molar-refractivity contribution >= 4 is 34.8 Å². The third-order valence-corrected chi connectivity index (χ3v) is 9.10. The number of pyridine rings is 1. The van der Waals surface area contributed by atoms with Crippen molar-refractivity contribution in [2.75, 3.05) is 13.2 Å². The van der Waals surface area contributed by atoms with Gasteiger partial charge in [-0.2, -0.15) is 0 Å². The van der Waals surface area contributed by atoms with Crippen LogP contribution in [0, 0.1) is 11.8 Å². The van der Waals surface area contributed by atoms with Gasteiger partial charge in [-0.25, -0.2) is 9.59 Å². The zero-order valence-electron chi connectivity index (χ0n) is 27.3. The van der Waals surface area contributed by atoms with E-state index in [9.17, 15) is 19.2 Å². The number of benzene rings is 1. The van der Waals surface area contributed by atoms with Crippen molar-refractivity contribution in [3.63, 3.8) is 0 Å². The van der Waals surface area contributed by atoms with Gasteiger partial charge in [-0.15, -0.1) is 6.58 Å². The first-order valence-electron chi connectivity index (χ1n) is 16.4. The molecule has 3 amide bonds. The Morgan fingerprint density at radius 3 is 2.54 bits per heavy atom. The quantitative estimate of drug-likeness (QED) is 0.284. The van der Waals surface area contributed by atoms with E-state index >= 15 is 0 Å². The van der Waals surface area contributed by atoms with Crippen LogP contribution in [0.4, 0.5) is 4.79 Å². The van der Waals surface area contributed by atoms with Gasteiger partial charge in [0.2, 0.25) is 11.8 Å². The summed E-state index contributed by atoms with van der Waals surface area (Å²) in [7, 11) is 0. The maximum atomic E-state index is 14.5. The van der Waals surface area contributed by atoms with Gasteiger partial charge in [0.05, 0.1) is 18.7 Å². The fourth-order valence-electron chi connectivity index (χ4n) is 6.75. The Labute approximate surface area is 270 Å². The summed E-state index contributed by atoms with van der Waals surface area (Å²) in [6.45, 7) is 11.1. The highest BCUT2D eigenvalue weighted by Gasteiger charge is 2.62. The van der Waals surface area contributed by atoms with E-state index < -0.39 is 47.3 Å². The van der Waals surface area contributed by atoms with Crippen LogP contribution in [0.15, 0.2) is 49.2 Å². The molecular formula is C35H46N4O7. The van der Waals surface area contributed by atoms with Crippen molar-refractivity contribution in [3.8, 4) is 5.75 Å². The molecule has 46 heavy (non-hydrogen) atoms. The molecule has 2 aromatic rings. The standard InChI is InChI=1S/C35H46N4O7/c1-6-23-20-35(23,32(42)44-7-2)38-30(40)27-19-24(45-28-17-18-36-26-16-12-11-15-25(26)28)21-39(27)31(41)29(22-13-9-8-10-14-22)37-33(43)46-34(3,4)5/h6,11-12,15-18,22-24,27,29H,1,7-10,13-14,19-21H2,2-5H3,(H,37,43)(H,38,40)/t23?,24-,27+,29+,35?/m1/s1. The van der Waals surface area contributed by atoms with E-state index in [1.807, 2.05) is 24.3 Å². The largest absolute Gasteiger partial charge is 0.488 e. The topological polar surface area (TPSA) is 136 Å². The highest BCUT2D eigenvalue weighted by Crippen LogP contribution is 2.46. The number of esters is 1. The van der Waals surface area contributed by atoms with E-state index in [1.54, 1.807) is 46.0 Å². The number of ether oxygens (including phenoxy) is 3. The van der Waals surface area contributed by atoms with Crippen LogP contribution >= 0.6 is 0 Å². The number of rotatable bonds is 10. The molecule has 3 aliphatic rings. The molecule has 1 aliphatic heterocycles. The van der Waals surface area contributed by atoms with E-state index in [-0.39, 0.29) is 37.3 Å². The first-order chi connectivity index (χ1) is 22.0. The molecule has 2 aliphatic carbocycles. The minimum absolute atomic E-state index is 0.110. The lowest BCUT2D eigenvalue weighted by Crippen LogP contribution is -2.58. The highest BCUT2D eigenvalue weighted by molar-refractivity contribution is 5.96. The van der Waals surface area contributed by atoms with Crippen LogP contribution < -0.4 is 15.4 Å². The summed E-state index contributed by atoms with van der Waals surface area (Å²) in [6, 6.07) is 7.53. The van der Waals surface area contributed by atoms with Gasteiger partial charge in [0.15, 0.2) is 0 Å². The fraction of sp³-hybridized carbons (Fsp3) is 0.571. The molecule has 2 heterocycles. The third-order valence-electron chi connectivity index (χ3n) is 9.10. The molecule has 0 radical (unpaired) electrons. The number of likely N-dealkylation sites (tertiary alicyclic amines) is 1. The molecule has 11 heteroatoms. The second-order valence-electron chi connectivity index (χ2n) is 13.6. The number of alkyl carbamates (subject to hydrolysis) is 1. The van der Waals surface area contributed by atoms with Crippen LogP contribution in [0.25, 0.3) is 10.9 Å². The van der Waals surface area contributed by atoms with Crippen molar-refractivity contribution in [2.24, 2.45) is 11.8 Å². The van der Waals surface area contributed by atoms with Gasteiger partial charge in [0.25, 0.3) is 0 Å². The van der Waals surface area contributed by atoms with Gasteiger partial charge in [-0.3, -0.25) is 14.6 Å². The van der Waals surface area contributed by atoms with Crippen molar-refractivity contribution in [1.82, 2.24) is 20.5 Å². The van der Waals surface area contributed by atoms with Crippen LogP contribution in [0.5, 0.6) is 5.75 Å². The van der Waals surface area contributed by atoms with Crippen LogP contribution in [0.1, 0.15) is 72.6 Å². The molecule has 2 N–H and O–H groups in total. The summed E-state index contributed by atoms with van der Waals surface area (Å²) in [6.07, 6.45) is 7.14. The molecular weight excluding hydrogens is 588 g/mol. The number of carbonyl (C=O) groups excluding carboxylic acids is 4. The fourth-order valence-corrected chi connectivity index (χ4v) is 6.75. The van der Waals surface area contributed by atoms with Crippen molar-refractivity contribution in [1.29, 1.82) is 0 Å². The summed E-state index contributed by atoms with van der Waals surface area (Å²) >= 11 is 0. The summed E-state index contributed by atoms with van der Waals surface area (Å²) in [4.78, 5) is 60.5.